The molecule has 0 spiro atoms. The van der Waals surface area contributed by atoms with Crippen LogP contribution in [0.4, 0.5) is 11.4 Å². The van der Waals surface area contributed by atoms with E-state index in [9.17, 15) is 14.4 Å². The predicted octanol–water partition coefficient (Wildman–Crippen LogP) is 4.58. The van der Waals surface area contributed by atoms with E-state index >= 15 is 0 Å². The van der Waals surface area contributed by atoms with Crippen LogP contribution < -0.4 is 9.80 Å². The second-order valence-electron chi connectivity index (χ2n) is 8.91. The third-order valence-corrected chi connectivity index (χ3v) is 6.59. The molecule has 5 rings (SSSR count). The molecule has 3 amide bonds. The summed E-state index contributed by atoms with van der Waals surface area (Å²) in [6.45, 7) is 5.45. The quantitative estimate of drug-likeness (QED) is 0.577. The molecule has 0 saturated carbocycles. The molecule has 2 aliphatic heterocycles. The minimum absolute atomic E-state index is 0.0656. The molecule has 3 aromatic rings. The lowest BCUT2D eigenvalue weighted by Crippen LogP contribution is -2.51. The van der Waals surface area contributed by atoms with Crippen molar-refractivity contribution in [3.63, 3.8) is 0 Å². The van der Waals surface area contributed by atoms with Crippen LogP contribution in [-0.4, -0.2) is 48.3 Å². The van der Waals surface area contributed by atoms with Crippen molar-refractivity contribution in [2.45, 2.75) is 32.7 Å². The van der Waals surface area contributed by atoms with E-state index in [4.69, 9.17) is 4.42 Å². The van der Waals surface area contributed by atoms with Gasteiger partial charge in [0.2, 0.25) is 5.91 Å². The van der Waals surface area contributed by atoms with Gasteiger partial charge in [0.1, 0.15) is 0 Å². The second kappa shape index (κ2) is 8.82. The van der Waals surface area contributed by atoms with Crippen LogP contribution in [-0.2, 0) is 4.79 Å². The highest BCUT2D eigenvalue weighted by molar-refractivity contribution is 6.10. The highest BCUT2D eigenvalue weighted by Gasteiger charge is 2.35. The largest absolute Gasteiger partial charge is 0.459 e. The Morgan fingerprint density at radius 1 is 0.882 bits per heavy atom. The number of nitrogens with zero attached hydrogens (tertiary/aromatic N) is 3. The second-order valence-corrected chi connectivity index (χ2v) is 8.91. The van der Waals surface area contributed by atoms with Crippen molar-refractivity contribution in [3.05, 3.63) is 72.2 Å². The smallest absolute Gasteiger partial charge is 0.294 e. The van der Waals surface area contributed by atoms with Crippen LogP contribution in [0.15, 0.2) is 65.3 Å². The molecule has 1 aromatic heterocycles. The van der Waals surface area contributed by atoms with Gasteiger partial charge in [-0.15, -0.1) is 0 Å². The molecule has 0 bridgehead atoms. The van der Waals surface area contributed by atoms with Crippen molar-refractivity contribution in [3.8, 4) is 11.1 Å². The summed E-state index contributed by atoms with van der Waals surface area (Å²) in [7, 11) is 0. The first-order valence-electron chi connectivity index (χ1n) is 11.6. The maximum absolute atomic E-state index is 13.2. The molecule has 0 radical (unpaired) electrons. The number of anilines is 2. The van der Waals surface area contributed by atoms with E-state index in [1.165, 1.54) is 13.2 Å². The van der Waals surface area contributed by atoms with Gasteiger partial charge in [-0.25, -0.2) is 0 Å². The molecule has 1 fully saturated rings. The first-order valence-corrected chi connectivity index (χ1v) is 11.6. The number of amides is 3. The van der Waals surface area contributed by atoms with Crippen LogP contribution >= 0.6 is 0 Å². The summed E-state index contributed by atoms with van der Waals surface area (Å²) in [4.78, 5) is 43.6. The molecule has 1 atom stereocenters. The highest BCUT2D eigenvalue weighted by Crippen LogP contribution is 2.39. The average Bonchev–Trinajstić information content (AvgIpc) is 3.57. The van der Waals surface area contributed by atoms with Crippen molar-refractivity contribution >= 4 is 29.1 Å². The monoisotopic (exact) mass is 457 g/mol. The average molecular weight is 458 g/mol. The Balaban J connectivity index is 1.51. The molecule has 2 aliphatic rings. The summed E-state index contributed by atoms with van der Waals surface area (Å²) in [5.74, 6) is 0.00166. The topological polar surface area (TPSA) is 74.1 Å². The maximum atomic E-state index is 13.2. The Bertz CT molecular complexity index is 1230. The number of fused-ring (bicyclic) bond motifs is 1. The Hall–Kier alpha value is -3.87. The van der Waals surface area contributed by atoms with Gasteiger partial charge in [0.05, 0.1) is 23.7 Å². The molecule has 34 heavy (non-hydrogen) atoms. The first-order chi connectivity index (χ1) is 16.4. The Labute approximate surface area is 198 Å². The van der Waals surface area contributed by atoms with Crippen molar-refractivity contribution in [2.75, 3.05) is 29.4 Å². The number of hydrogen-bond acceptors (Lipinski definition) is 4. The fourth-order valence-corrected chi connectivity index (χ4v) is 4.92. The van der Waals surface area contributed by atoms with Crippen molar-refractivity contribution in [2.24, 2.45) is 0 Å². The summed E-state index contributed by atoms with van der Waals surface area (Å²) in [6, 6.07) is 16.5. The first kappa shape index (κ1) is 21.9. The summed E-state index contributed by atoms with van der Waals surface area (Å²) < 4.78 is 5.36. The zero-order valence-corrected chi connectivity index (χ0v) is 19.4. The van der Waals surface area contributed by atoms with Crippen LogP contribution in [0.2, 0.25) is 0 Å². The van der Waals surface area contributed by atoms with Crippen molar-refractivity contribution < 1.29 is 18.8 Å². The van der Waals surface area contributed by atoms with E-state index in [1.807, 2.05) is 54.3 Å². The number of carbonyl (C=O) groups excluding carboxylic acids is 3. The van der Waals surface area contributed by atoms with Crippen LogP contribution in [0, 0.1) is 0 Å². The molecule has 0 N–H and O–H groups in total. The zero-order valence-electron chi connectivity index (χ0n) is 19.4. The number of furan rings is 1. The van der Waals surface area contributed by atoms with E-state index < -0.39 is 0 Å². The fraction of sp³-hybridized carbons (Fsp3) is 0.296. The van der Waals surface area contributed by atoms with Crippen LogP contribution in [0.1, 0.15) is 47.6 Å². The number of benzene rings is 2. The molecule has 0 aliphatic carbocycles. The van der Waals surface area contributed by atoms with E-state index in [1.54, 1.807) is 21.9 Å². The van der Waals surface area contributed by atoms with E-state index in [-0.39, 0.29) is 29.5 Å². The highest BCUT2D eigenvalue weighted by atomic mass is 16.3. The Morgan fingerprint density at radius 3 is 2.24 bits per heavy atom. The van der Waals surface area contributed by atoms with Gasteiger partial charge >= 0.3 is 0 Å². The lowest BCUT2D eigenvalue weighted by Gasteiger charge is -2.40. The molecule has 2 aromatic carbocycles. The van der Waals surface area contributed by atoms with Gasteiger partial charge in [-0.1, -0.05) is 18.2 Å². The van der Waals surface area contributed by atoms with Gasteiger partial charge in [-0.05, 0) is 67.3 Å². The molecular formula is C27H27N3O4. The standard InChI is InChI=1S/C27H27N3O4/c1-18-17-29(27(33)25-6-5-15-34-25)24-16-22(11-12-23(24)30(18)19(2)31)20-7-9-21(10-8-20)26(32)28-13-3-4-14-28/h5-12,15-16,18H,3-4,13-14,17H2,1-2H3/t18-/m0/s1. The summed E-state index contributed by atoms with van der Waals surface area (Å²) in [5, 5.41) is 0. The Morgan fingerprint density at radius 2 is 1.59 bits per heavy atom. The molecule has 7 heteroatoms. The lowest BCUT2D eigenvalue weighted by atomic mass is 9.99. The third kappa shape index (κ3) is 3.87. The van der Waals surface area contributed by atoms with Crippen LogP contribution in [0.3, 0.4) is 0 Å². The molecule has 7 nitrogen and oxygen atoms in total. The van der Waals surface area contributed by atoms with Crippen LogP contribution in [0.5, 0.6) is 0 Å². The van der Waals surface area contributed by atoms with Crippen molar-refractivity contribution in [1.29, 1.82) is 0 Å². The molecule has 1 saturated heterocycles. The number of likely N-dealkylation sites (tertiary alicyclic amines) is 1. The molecule has 0 unspecified atom stereocenters. The lowest BCUT2D eigenvalue weighted by molar-refractivity contribution is -0.117. The SMILES string of the molecule is CC(=O)N1c2ccc(-c3ccc(C(=O)N4CCCC4)cc3)cc2N(C(=O)c2ccco2)C[C@@H]1C. The number of hydrogen-bond donors (Lipinski definition) is 0. The minimum atomic E-state index is -0.245. The Kier molecular flexibility index (Phi) is 5.69. The van der Waals surface area contributed by atoms with E-state index in [0.717, 1.165) is 37.1 Å². The molecular weight excluding hydrogens is 430 g/mol. The number of rotatable bonds is 3. The predicted molar refractivity (Wildman–Crippen MR) is 130 cm³/mol. The van der Waals surface area contributed by atoms with Crippen molar-refractivity contribution in [1.82, 2.24) is 4.90 Å². The van der Waals surface area contributed by atoms with E-state index in [0.29, 0.717) is 23.5 Å². The van der Waals surface area contributed by atoms with Gasteiger partial charge in [0, 0.05) is 32.1 Å². The summed E-state index contributed by atoms with van der Waals surface area (Å²) >= 11 is 0. The maximum Gasteiger partial charge on any atom is 0.294 e. The molecule has 3 heterocycles. The van der Waals surface area contributed by atoms with E-state index in [2.05, 4.69) is 0 Å². The summed E-state index contributed by atoms with van der Waals surface area (Å²) in [5.41, 5.74) is 3.85. The van der Waals surface area contributed by atoms with Gasteiger partial charge < -0.3 is 19.1 Å². The van der Waals surface area contributed by atoms with Gasteiger partial charge in [-0.2, -0.15) is 0 Å². The minimum Gasteiger partial charge on any atom is -0.459 e. The van der Waals surface area contributed by atoms with Crippen LogP contribution in [0.25, 0.3) is 11.1 Å². The van der Waals surface area contributed by atoms with Gasteiger partial charge in [0.15, 0.2) is 5.76 Å². The zero-order chi connectivity index (χ0) is 23.8. The van der Waals surface area contributed by atoms with Gasteiger partial charge in [0.25, 0.3) is 11.8 Å². The third-order valence-electron chi connectivity index (χ3n) is 6.59. The fourth-order valence-electron chi connectivity index (χ4n) is 4.92. The normalized spacial score (nSPS) is 17.6. The molecule has 174 valence electrons. The summed E-state index contributed by atoms with van der Waals surface area (Å²) in [6.07, 6.45) is 3.59. The van der Waals surface area contributed by atoms with Gasteiger partial charge in [-0.3, -0.25) is 14.4 Å². The number of carbonyl (C=O) groups is 3.